The Hall–Kier alpha value is -7.15. The van der Waals surface area contributed by atoms with Gasteiger partial charge >= 0.3 is 0 Å². The molecule has 8 aromatic carbocycles. The molecule has 0 atom stereocenters. The normalized spacial score (nSPS) is 10.3. The summed E-state index contributed by atoms with van der Waals surface area (Å²) in [7, 11) is 39.8. The number of hydrogen-bond donors (Lipinski definition) is 0. The fourth-order valence-electron chi connectivity index (χ4n) is 18.2. The first-order valence-corrected chi connectivity index (χ1v) is 36.7. The molecule has 27 heteroatoms. The van der Waals surface area contributed by atoms with E-state index < -0.39 is 0 Å². The minimum atomic E-state index is 0.212. The van der Waals surface area contributed by atoms with E-state index in [-0.39, 0.29) is 6.49 Å². The first-order chi connectivity index (χ1) is 46.7. The van der Waals surface area contributed by atoms with Crippen LogP contribution in [-0.4, -0.2) is 195 Å². The highest BCUT2D eigenvalue weighted by molar-refractivity contribution is 7.89. The zero-order valence-electron chi connectivity index (χ0n) is 66.4. The summed E-state index contributed by atoms with van der Waals surface area (Å²) in [5.41, 5.74) is 33.3. The Morgan fingerprint density at radius 1 is 0.303 bits per heavy atom. The molecule has 8 rings (SSSR count). The number of terminal acetylenes is 3. The van der Waals surface area contributed by atoms with Crippen LogP contribution in [0.5, 0.6) is 0 Å². The summed E-state index contributed by atoms with van der Waals surface area (Å²) >= 11 is 0. The van der Waals surface area contributed by atoms with E-state index >= 15 is 0 Å². The lowest BCUT2D eigenvalue weighted by atomic mass is 8.66. The highest BCUT2D eigenvalue weighted by Crippen LogP contribution is 2.55. The maximum absolute atomic E-state index is 6.53. The molecule has 0 aliphatic rings. The second kappa shape index (κ2) is 31.0. The number of fused-ring (bicyclic) bond motifs is 6. The lowest BCUT2D eigenvalue weighted by Gasteiger charge is -2.41. The van der Waals surface area contributed by atoms with Gasteiger partial charge in [-0.15, -0.1) is 36.1 Å². The third kappa shape index (κ3) is 12.8. The number of aryl methyl sites for hydroxylation is 8. The van der Waals surface area contributed by atoms with Crippen molar-refractivity contribution in [2.75, 3.05) is 0 Å². The predicted molar refractivity (Wildman–Crippen MR) is 509 cm³/mol. The van der Waals surface area contributed by atoms with Crippen molar-refractivity contribution in [1.82, 2.24) is 0 Å². The molecular formula is C72H83B27. The van der Waals surface area contributed by atoms with E-state index in [1.807, 2.05) is 13.8 Å². The molecule has 0 amide bonds. The third-order valence-corrected chi connectivity index (χ3v) is 24.3. The van der Waals surface area contributed by atoms with Gasteiger partial charge in [-0.2, -0.15) is 0 Å². The van der Waals surface area contributed by atoms with Crippen molar-refractivity contribution in [3.05, 3.63) is 106 Å². The summed E-state index contributed by atoms with van der Waals surface area (Å²) in [6, 6.07) is 0. The van der Waals surface area contributed by atoms with E-state index in [9.17, 15) is 0 Å². The fourth-order valence-corrected chi connectivity index (χ4v) is 18.2. The largest absolute Gasteiger partial charge is 0.140 e. The summed E-state index contributed by atoms with van der Waals surface area (Å²) < 4.78 is 0. The van der Waals surface area contributed by atoms with Gasteiger partial charge in [0.2, 0.25) is 0 Å². The first-order valence-electron chi connectivity index (χ1n) is 36.7. The van der Waals surface area contributed by atoms with Crippen molar-refractivity contribution in [2.24, 2.45) is 0 Å². The van der Waals surface area contributed by atoms with Crippen LogP contribution in [0.1, 0.15) is 120 Å². The van der Waals surface area contributed by atoms with E-state index in [0.717, 1.165) is 74.6 Å². The van der Waals surface area contributed by atoms with Crippen molar-refractivity contribution < 1.29 is 0 Å². The minimum absolute atomic E-state index is 0.212. The Bertz CT molecular complexity index is 5300. The zero-order valence-corrected chi connectivity index (χ0v) is 66.4. The van der Waals surface area contributed by atoms with Crippen LogP contribution in [0.25, 0.3) is 76.1 Å². The van der Waals surface area contributed by atoms with Crippen LogP contribution in [0, 0.1) is 205 Å². The highest BCUT2D eigenvalue weighted by atomic mass is 14.3. The number of hydrogen-bond acceptors (Lipinski definition) is 0. The summed E-state index contributed by atoms with van der Waals surface area (Å²) in [5, 5.41) is 11.8. The molecule has 0 heterocycles. The Morgan fingerprint density at radius 3 is 1.17 bits per heavy atom. The second-order valence-electron chi connectivity index (χ2n) is 30.8. The molecule has 0 spiro atoms. The predicted octanol–water partition coefficient (Wildman–Crippen LogP) is -7.17. The van der Waals surface area contributed by atoms with E-state index in [0.29, 0.717) is 80.0 Å². The maximum atomic E-state index is 6.53. The van der Waals surface area contributed by atoms with Gasteiger partial charge in [0.05, 0.1) is 164 Å². The molecule has 0 aromatic heterocycles. The van der Waals surface area contributed by atoms with Crippen LogP contribution >= 0.6 is 0 Å². The van der Waals surface area contributed by atoms with E-state index in [2.05, 4.69) is 302 Å². The lowest BCUT2D eigenvalue weighted by Crippen LogP contribution is -2.80. The quantitative estimate of drug-likeness (QED) is 0.0441. The van der Waals surface area contributed by atoms with Gasteiger partial charge < -0.3 is 0 Å². The SMILES string of the molecule is BBB(B)B(B(B)B)c1c(B(B(B)B)B(B)B)c(B(BB)B(B)B)c(B(B)B(B)B)c2c(-c3c4c(C)c(C)c(C)c(C)c4c(-c4c(C#CC#CC#C)c(C#CC#CC)c5c(c4C)c(C)c(C)c4c(C)c(C#C)c(C#CC)c(C#CC#C)c45)c4c(C)c(C)c(C)c(C)c34)c(C)c(C)c(B)c12. The topological polar surface area (TPSA) is 0 Å². The molecule has 0 bridgehead atoms. The number of benzene rings is 8. The molecule has 0 unspecified atom stereocenters. The van der Waals surface area contributed by atoms with Crippen LogP contribution in [0.3, 0.4) is 0 Å². The minimum Gasteiger partial charge on any atom is -0.115 e. The van der Waals surface area contributed by atoms with Gasteiger partial charge in [-0.3, -0.25) is 0 Å². The Morgan fingerprint density at radius 2 is 0.747 bits per heavy atom. The van der Waals surface area contributed by atoms with E-state index in [4.69, 9.17) is 19.3 Å². The summed E-state index contributed by atoms with van der Waals surface area (Å²) in [5.74, 6) is 47.8. The molecule has 0 fully saturated rings. The Balaban J connectivity index is 1.97. The van der Waals surface area contributed by atoms with Crippen molar-refractivity contribution in [2.45, 2.75) is 111 Å². The monoisotopic (exact) mass is 1240 g/mol. The molecule has 452 valence electrons. The highest BCUT2D eigenvalue weighted by Gasteiger charge is 2.44. The average Bonchev–Trinajstić information content (AvgIpc) is 0.684. The molecule has 0 aliphatic heterocycles. The molecule has 0 nitrogen and oxygen atoms in total. The second-order valence-corrected chi connectivity index (χ2v) is 30.8. The van der Waals surface area contributed by atoms with Crippen LogP contribution in [0.15, 0.2) is 0 Å². The number of rotatable bonds is 14. The van der Waals surface area contributed by atoms with Gasteiger partial charge in [-0.25, -0.2) is 0 Å². The van der Waals surface area contributed by atoms with Gasteiger partial charge in [-0.1, -0.05) is 57.5 Å². The Kier molecular flexibility index (Phi) is 24.3. The van der Waals surface area contributed by atoms with Crippen LogP contribution in [0.4, 0.5) is 0 Å². The van der Waals surface area contributed by atoms with E-state index in [1.165, 1.54) is 105 Å². The molecular weight excluding hydrogens is 1160 g/mol. The van der Waals surface area contributed by atoms with Crippen molar-refractivity contribution in [3.63, 3.8) is 0 Å². The first kappa shape index (κ1) is 77.6. The molecule has 8 aromatic rings. The van der Waals surface area contributed by atoms with Gasteiger partial charge in [0, 0.05) is 67.3 Å². The molecule has 0 saturated carbocycles. The fraction of sp³-hybridized carbons (Fsp3) is 0.222. The van der Waals surface area contributed by atoms with Gasteiger partial charge in [0.15, 0.2) is 0 Å². The zero-order chi connectivity index (χ0) is 73.7. The molecule has 99 heavy (non-hydrogen) atoms. The Labute approximate surface area is 617 Å². The van der Waals surface area contributed by atoms with Gasteiger partial charge in [0.25, 0.3) is 0 Å². The third-order valence-electron chi connectivity index (χ3n) is 24.3. The molecule has 0 aliphatic carbocycles. The van der Waals surface area contributed by atoms with Crippen LogP contribution in [0.2, 0.25) is 0 Å². The average molecular weight is 1240 g/mol. The standard InChI is InChI=1S/C72H83B27/c1-20-25-28-30-34-52-53(33-29-26-21-2)63-55(44(15)43(14)54-47(18)49(24-5)50(31-23-4)51(62(54)63)32-27-22-3)48(19)56(52)64-57-39(10)35(6)37(8)41(12)59(57)65(60-42(13)38(9)36(7)40(11)58(60)64)61-45(16)46(17)68(73)67-66(61)69(90(76)94(77)78)71(91(88-74)95(79)80)72(92(96(81)82)97(83)84)70(67)93(98(85)86)99(87)89-75/h1,3,5,88-89H,73-87H2,2,4,6-19H3. The lowest BCUT2D eigenvalue weighted by molar-refractivity contribution is 1.24. The van der Waals surface area contributed by atoms with Crippen molar-refractivity contribution >= 4 is 276 Å². The molecule has 0 saturated heterocycles. The molecule has 0 radical (unpaired) electrons. The maximum Gasteiger partial charge on any atom is 0.140 e. The van der Waals surface area contributed by atoms with Gasteiger partial charge in [0.1, 0.15) is 7.85 Å². The summed E-state index contributed by atoms with van der Waals surface area (Å²) in [6.07, 6.45) is 20.9. The van der Waals surface area contributed by atoms with Crippen molar-refractivity contribution in [3.8, 4) is 130 Å². The van der Waals surface area contributed by atoms with Crippen LogP contribution in [-0.2, 0) is 0 Å². The van der Waals surface area contributed by atoms with Gasteiger partial charge in [-0.05, 0) is 290 Å². The summed E-state index contributed by atoms with van der Waals surface area (Å²) in [4.78, 5) is 0. The van der Waals surface area contributed by atoms with Crippen LogP contribution < -0.4 is 27.3 Å². The van der Waals surface area contributed by atoms with Crippen molar-refractivity contribution in [1.29, 1.82) is 0 Å². The molecule has 0 N–H and O–H groups in total. The van der Waals surface area contributed by atoms with E-state index in [1.54, 1.807) is 21.9 Å². The summed E-state index contributed by atoms with van der Waals surface area (Å²) in [6.45, 7) is 37.7. The smallest absolute Gasteiger partial charge is 0.115 e.